The number of aromatic nitrogens is 3. The Kier molecular flexibility index (Phi) is 7.83. The molecule has 0 spiro atoms. The number of carbonyl (C=O) groups excluding carboxylic acids is 1. The summed E-state index contributed by atoms with van der Waals surface area (Å²) in [5, 5.41) is 16.3. The molecular weight excluding hydrogens is 429 g/mol. The van der Waals surface area contributed by atoms with E-state index in [-0.39, 0.29) is 5.56 Å². The molecule has 32 heavy (non-hydrogen) atoms. The number of halogens is 3. The summed E-state index contributed by atoms with van der Waals surface area (Å²) in [6.45, 7) is 4.41. The minimum atomic E-state index is -5.08. The summed E-state index contributed by atoms with van der Waals surface area (Å²) in [5.74, 6) is -3.19. The second-order valence-electron chi connectivity index (χ2n) is 6.64. The second-order valence-corrected chi connectivity index (χ2v) is 6.64. The molecule has 11 heteroatoms. The van der Waals surface area contributed by atoms with Gasteiger partial charge in [-0.1, -0.05) is 18.2 Å². The Morgan fingerprint density at radius 2 is 1.69 bits per heavy atom. The monoisotopic (exact) mass is 448 g/mol. The highest BCUT2D eigenvalue weighted by Crippen LogP contribution is 2.15. The van der Waals surface area contributed by atoms with Crippen LogP contribution in [-0.2, 0) is 11.3 Å². The van der Waals surface area contributed by atoms with E-state index in [0.29, 0.717) is 12.2 Å². The number of rotatable bonds is 4. The first-order valence-electron chi connectivity index (χ1n) is 9.13. The van der Waals surface area contributed by atoms with Gasteiger partial charge in [-0.15, -0.1) is 0 Å². The molecule has 0 radical (unpaired) electrons. The lowest BCUT2D eigenvalue weighted by molar-refractivity contribution is -0.192. The van der Waals surface area contributed by atoms with Gasteiger partial charge in [0.15, 0.2) is 0 Å². The van der Waals surface area contributed by atoms with Crippen LogP contribution in [0.3, 0.4) is 0 Å². The Balaban J connectivity index is 0.000000451. The lowest BCUT2D eigenvalue weighted by Crippen LogP contribution is -2.29. The van der Waals surface area contributed by atoms with Crippen molar-refractivity contribution in [3.05, 3.63) is 81.4 Å². The van der Waals surface area contributed by atoms with E-state index in [1.165, 1.54) is 11.6 Å². The maximum absolute atomic E-state index is 12.4. The Labute approximate surface area is 180 Å². The molecule has 0 saturated carbocycles. The lowest BCUT2D eigenvalue weighted by atomic mass is 10.1. The van der Waals surface area contributed by atoms with Crippen molar-refractivity contribution in [3.63, 3.8) is 0 Å². The van der Waals surface area contributed by atoms with Gasteiger partial charge in [-0.25, -0.2) is 9.89 Å². The van der Waals surface area contributed by atoms with Gasteiger partial charge < -0.3 is 10.4 Å². The van der Waals surface area contributed by atoms with Crippen LogP contribution < -0.4 is 10.9 Å². The quantitative estimate of drug-likeness (QED) is 0.564. The Morgan fingerprint density at radius 3 is 2.25 bits per heavy atom. The summed E-state index contributed by atoms with van der Waals surface area (Å²) in [5.41, 5.74) is 4.14. The topological polar surface area (TPSA) is 125 Å². The molecule has 3 aromatic rings. The third-order valence-electron chi connectivity index (χ3n) is 4.29. The van der Waals surface area contributed by atoms with Gasteiger partial charge in [0.2, 0.25) is 0 Å². The summed E-state index contributed by atoms with van der Waals surface area (Å²) < 4.78 is 31.7. The van der Waals surface area contributed by atoms with E-state index in [1.54, 1.807) is 24.5 Å². The van der Waals surface area contributed by atoms with E-state index in [9.17, 15) is 22.8 Å². The standard InChI is InChI=1S/C19H18N4O2.C2HF3O2/c1-12-3-4-14(9-13(12)2)11-21-18(24)16-10-17(22-23-19(16)25)15-5-7-20-8-6-15;3-2(4,5)1(6)7/h3-10H,11H2,1-2H3,(H,21,24)(H,23,25);(H,6,7). The highest BCUT2D eigenvalue weighted by Gasteiger charge is 2.38. The van der Waals surface area contributed by atoms with Crippen molar-refractivity contribution in [1.82, 2.24) is 20.5 Å². The van der Waals surface area contributed by atoms with Crippen molar-refractivity contribution < 1.29 is 27.9 Å². The fraction of sp³-hybridized carbons (Fsp3) is 0.190. The molecule has 0 aliphatic rings. The number of hydrogen-bond acceptors (Lipinski definition) is 5. The van der Waals surface area contributed by atoms with Crippen LogP contribution in [0.25, 0.3) is 11.3 Å². The number of H-pyrrole nitrogens is 1. The average molecular weight is 448 g/mol. The van der Waals surface area contributed by atoms with Gasteiger partial charge in [0.25, 0.3) is 11.5 Å². The molecule has 0 aliphatic carbocycles. The first kappa shape index (κ1) is 24.3. The molecule has 3 N–H and O–H groups in total. The minimum absolute atomic E-state index is 0.0330. The predicted octanol–water partition coefficient (Wildman–Crippen LogP) is 3.01. The van der Waals surface area contributed by atoms with Crippen LogP contribution in [-0.4, -0.2) is 38.3 Å². The summed E-state index contributed by atoms with van der Waals surface area (Å²) in [6.07, 6.45) is -1.83. The van der Waals surface area contributed by atoms with Crippen molar-refractivity contribution >= 4 is 11.9 Å². The fourth-order valence-electron chi connectivity index (χ4n) is 2.44. The molecule has 0 saturated heterocycles. The van der Waals surface area contributed by atoms with E-state index >= 15 is 0 Å². The smallest absolute Gasteiger partial charge is 0.475 e. The molecule has 2 heterocycles. The number of aryl methyl sites for hydroxylation is 2. The van der Waals surface area contributed by atoms with Crippen LogP contribution in [0.4, 0.5) is 13.2 Å². The van der Waals surface area contributed by atoms with Gasteiger partial charge in [0, 0.05) is 24.5 Å². The molecule has 0 fully saturated rings. The first-order valence-corrected chi connectivity index (χ1v) is 9.13. The lowest BCUT2D eigenvalue weighted by Gasteiger charge is -2.08. The average Bonchev–Trinajstić information content (AvgIpc) is 2.75. The van der Waals surface area contributed by atoms with Gasteiger partial charge in [-0.05, 0) is 48.7 Å². The zero-order valence-corrected chi connectivity index (χ0v) is 17.0. The van der Waals surface area contributed by atoms with Crippen molar-refractivity contribution in [1.29, 1.82) is 0 Å². The van der Waals surface area contributed by atoms with Crippen molar-refractivity contribution in [2.45, 2.75) is 26.6 Å². The van der Waals surface area contributed by atoms with Crippen LogP contribution in [0.1, 0.15) is 27.0 Å². The number of aromatic amines is 1. The minimum Gasteiger partial charge on any atom is -0.475 e. The van der Waals surface area contributed by atoms with Crippen LogP contribution in [0.2, 0.25) is 0 Å². The third-order valence-corrected chi connectivity index (χ3v) is 4.29. The van der Waals surface area contributed by atoms with Gasteiger partial charge in [0.1, 0.15) is 5.56 Å². The summed E-state index contributed by atoms with van der Waals surface area (Å²) in [4.78, 5) is 37.2. The number of nitrogens with one attached hydrogen (secondary N) is 2. The Hall–Kier alpha value is -4.02. The summed E-state index contributed by atoms with van der Waals surface area (Å²) in [6, 6.07) is 11.0. The Morgan fingerprint density at radius 1 is 1.06 bits per heavy atom. The van der Waals surface area contributed by atoms with E-state index < -0.39 is 23.6 Å². The van der Waals surface area contributed by atoms with Crippen molar-refractivity contribution in [2.75, 3.05) is 0 Å². The molecule has 2 aromatic heterocycles. The number of alkyl halides is 3. The number of carboxylic acid groups (broad SMARTS) is 1. The molecule has 168 valence electrons. The SMILES string of the molecule is Cc1ccc(CNC(=O)c2cc(-c3ccncc3)n[nH]c2=O)cc1C.O=C(O)C(F)(F)F. The zero-order chi connectivity index (χ0) is 23.9. The molecule has 8 nitrogen and oxygen atoms in total. The van der Waals surface area contributed by atoms with Crippen LogP contribution >= 0.6 is 0 Å². The van der Waals surface area contributed by atoms with Gasteiger partial charge >= 0.3 is 12.1 Å². The zero-order valence-electron chi connectivity index (χ0n) is 17.0. The third kappa shape index (κ3) is 6.76. The number of carbonyl (C=O) groups is 2. The van der Waals surface area contributed by atoms with Gasteiger partial charge in [-0.2, -0.15) is 18.3 Å². The van der Waals surface area contributed by atoms with Crippen LogP contribution in [0.5, 0.6) is 0 Å². The number of nitrogens with zero attached hydrogens (tertiary/aromatic N) is 2. The largest absolute Gasteiger partial charge is 0.490 e. The number of aliphatic carboxylic acids is 1. The van der Waals surface area contributed by atoms with E-state index in [1.807, 2.05) is 32.0 Å². The van der Waals surface area contributed by atoms with Gasteiger partial charge in [0.05, 0.1) is 5.69 Å². The summed E-state index contributed by atoms with van der Waals surface area (Å²) >= 11 is 0. The van der Waals surface area contributed by atoms with Crippen molar-refractivity contribution in [2.24, 2.45) is 0 Å². The molecule has 0 bridgehead atoms. The molecule has 1 amide bonds. The molecule has 3 rings (SSSR count). The van der Waals surface area contributed by atoms with Crippen molar-refractivity contribution in [3.8, 4) is 11.3 Å². The molecular formula is C21H19F3N4O4. The van der Waals surface area contributed by atoms with Crippen LogP contribution in [0.15, 0.2) is 53.6 Å². The molecule has 0 unspecified atom stereocenters. The number of hydrogen-bond donors (Lipinski definition) is 3. The highest BCUT2D eigenvalue weighted by molar-refractivity contribution is 5.94. The highest BCUT2D eigenvalue weighted by atomic mass is 19.4. The number of benzene rings is 1. The fourth-order valence-corrected chi connectivity index (χ4v) is 2.44. The van der Waals surface area contributed by atoms with Gasteiger partial charge in [-0.3, -0.25) is 14.6 Å². The van der Waals surface area contributed by atoms with E-state index in [4.69, 9.17) is 9.90 Å². The van der Waals surface area contributed by atoms with E-state index in [2.05, 4.69) is 20.5 Å². The Bertz CT molecular complexity index is 1160. The predicted molar refractivity (Wildman–Crippen MR) is 109 cm³/mol. The maximum atomic E-state index is 12.4. The number of amides is 1. The van der Waals surface area contributed by atoms with Crippen LogP contribution in [0, 0.1) is 13.8 Å². The molecule has 0 aliphatic heterocycles. The number of pyridine rings is 1. The maximum Gasteiger partial charge on any atom is 0.490 e. The van der Waals surface area contributed by atoms with E-state index in [0.717, 1.165) is 16.7 Å². The second kappa shape index (κ2) is 10.3. The molecule has 1 aromatic carbocycles. The normalized spacial score (nSPS) is 10.7. The number of carboxylic acids is 1. The molecule has 0 atom stereocenters. The first-order chi connectivity index (χ1) is 15.0. The summed E-state index contributed by atoms with van der Waals surface area (Å²) in [7, 11) is 0.